The van der Waals surface area contributed by atoms with Crippen molar-refractivity contribution in [3.05, 3.63) is 42.2 Å². The SMILES string of the molecule is Cl.Cn1nccc1C(=O)N(CCN1CCOCC1)c1nc2ccccc2s1. The van der Waals surface area contributed by atoms with Crippen molar-refractivity contribution in [3.8, 4) is 0 Å². The second-order valence-corrected chi connectivity index (χ2v) is 7.22. The summed E-state index contributed by atoms with van der Waals surface area (Å²) in [5.41, 5.74) is 1.48. The molecule has 7 nitrogen and oxygen atoms in total. The zero-order valence-corrected chi connectivity index (χ0v) is 16.7. The maximum Gasteiger partial charge on any atom is 0.278 e. The molecule has 27 heavy (non-hydrogen) atoms. The number of anilines is 1. The average molecular weight is 408 g/mol. The lowest BCUT2D eigenvalue weighted by Crippen LogP contribution is -2.43. The third-order valence-electron chi connectivity index (χ3n) is 4.54. The fourth-order valence-electron chi connectivity index (χ4n) is 3.05. The van der Waals surface area contributed by atoms with Crippen LogP contribution in [0, 0.1) is 0 Å². The monoisotopic (exact) mass is 407 g/mol. The third kappa shape index (κ3) is 4.30. The molecule has 0 saturated carbocycles. The van der Waals surface area contributed by atoms with Gasteiger partial charge in [0.1, 0.15) is 5.69 Å². The number of carbonyl (C=O) groups is 1. The number of para-hydroxylation sites is 1. The largest absolute Gasteiger partial charge is 0.379 e. The lowest BCUT2D eigenvalue weighted by Gasteiger charge is -2.29. The van der Waals surface area contributed by atoms with Crippen LogP contribution in [0.1, 0.15) is 10.5 Å². The van der Waals surface area contributed by atoms with E-state index in [0.717, 1.165) is 48.2 Å². The van der Waals surface area contributed by atoms with Crippen LogP contribution in [0.2, 0.25) is 0 Å². The van der Waals surface area contributed by atoms with Gasteiger partial charge in [0, 0.05) is 39.4 Å². The van der Waals surface area contributed by atoms with Gasteiger partial charge in [0.05, 0.1) is 23.4 Å². The first-order valence-electron chi connectivity index (χ1n) is 8.68. The van der Waals surface area contributed by atoms with E-state index in [0.29, 0.717) is 12.2 Å². The minimum Gasteiger partial charge on any atom is -0.379 e. The van der Waals surface area contributed by atoms with E-state index in [1.807, 2.05) is 24.3 Å². The van der Waals surface area contributed by atoms with Gasteiger partial charge in [-0.15, -0.1) is 12.4 Å². The number of hydrogen-bond acceptors (Lipinski definition) is 6. The van der Waals surface area contributed by atoms with Crippen LogP contribution >= 0.6 is 23.7 Å². The molecule has 1 aliphatic rings. The highest BCUT2D eigenvalue weighted by Gasteiger charge is 2.24. The number of morpholine rings is 1. The van der Waals surface area contributed by atoms with E-state index in [2.05, 4.69) is 15.0 Å². The molecule has 1 aliphatic heterocycles. The highest BCUT2D eigenvalue weighted by molar-refractivity contribution is 7.22. The Kier molecular flexibility index (Phi) is 6.43. The zero-order chi connectivity index (χ0) is 17.9. The molecule has 0 atom stereocenters. The van der Waals surface area contributed by atoms with E-state index in [1.54, 1.807) is 40.2 Å². The topological polar surface area (TPSA) is 63.5 Å². The van der Waals surface area contributed by atoms with E-state index in [1.165, 1.54) is 0 Å². The third-order valence-corrected chi connectivity index (χ3v) is 5.60. The molecule has 2 aromatic heterocycles. The number of thiazole rings is 1. The summed E-state index contributed by atoms with van der Waals surface area (Å²) in [6, 6.07) is 9.71. The maximum absolute atomic E-state index is 13.2. The molecule has 0 unspecified atom stereocenters. The van der Waals surface area contributed by atoms with Crippen LogP contribution in [0.25, 0.3) is 10.2 Å². The summed E-state index contributed by atoms with van der Waals surface area (Å²) >= 11 is 1.54. The molecule has 1 saturated heterocycles. The fraction of sp³-hybridized carbons (Fsp3) is 0.389. The lowest BCUT2D eigenvalue weighted by atomic mass is 10.3. The Morgan fingerprint density at radius 1 is 1.26 bits per heavy atom. The standard InChI is InChI=1S/C18H21N5O2S.ClH/c1-21-15(6-7-19-21)17(24)23(9-8-22-10-12-25-13-11-22)18-20-14-4-2-3-5-16(14)26-18;/h2-7H,8-13H2,1H3;1H. The van der Waals surface area contributed by atoms with Crippen LogP contribution in [0.5, 0.6) is 0 Å². The fourth-order valence-corrected chi connectivity index (χ4v) is 4.04. The number of benzene rings is 1. The first kappa shape index (κ1) is 19.8. The first-order chi connectivity index (χ1) is 12.7. The quantitative estimate of drug-likeness (QED) is 0.650. The van der Waals surface area contributed by atoms with Crippen LogP contribution in [-0.2, 0) is 11.8 Å². The number of aryl methyl sites for hydroxylation is 1. The van der Waals surface area contributed by atoms with E-state index < -0.39 is 0 Å². The van der Waals surface area contributed by atoms with Gasteiger partial charge in [0.2, 0.25) is 0 Å². The molecule has 0 spiro atoms. The number of carbonyl (C=O) groups excluding carboxylic acids is 1. The smallest absolute Gasteiger partial charge is 0.278 e. The number of halogens is 1. The van der Waals surface area contributed by atoms with Crippen molar-refractivity contribution in [2.45, 2.75) is 0 Å². The number of fused-ring (bicyclic) bond motifs is 1. The van der Waals surface area contributed by atoms with Crippen molar-refractivity contribution in [2.24, 2.45) is 7.05 Å². The minimum absolute atomic E-state index is 0. The number of ether oxygens (including phenoxy) is 1. The summed E-state index contributed by atoms with van der Waals surface area (Å²) in [6.07, 6.45) is 1.64. The Hall–Kier alpha value is -2.00. The minimum atomic E-state index is -0.0719. The van der Waals surface area contributed by atoms with Gasteiger partial charge in [-0.05, 0) is 18.2 Å². The van der Waals surface area contributed by atoms with E-state index in [9.17, 15) is 4.79 Å². The van der Waals surface area contributed by atoms with Gasteiger partial charge in [0.25, 0.3) is 5.91 Å². The highest BCUT2D eigenvalue weighted by Crippen LogP contribution is 2.29. The summed E-state index contributed by atoms with van der Waals surface area (Å²) in [5, 5.41) is 4.86. The molecule has 1 aromatic carbocycles. The van der Waals surface area contributed by atoms with Crippen molar-refractivity contribution in [2.75, 3.05) is 44.3 Å². The Bertz CT molecular complexity index is 873. The second-order valence-electron chi connectivity index (χ2n) is 6.22. The highest BCUT2D eigenvalue weighted by atomic mass is 35.5. The van der Waals surface area contributed by atoms with E-state index >= 15 is 0 Å². The van der Waals surface area contributed by atoms with Gasteiger partial charge in [0.15, 0.2) is 5.13 Å². The van der Waals surface area contributed by atoms with Gasteiger partial charge < -0.3 is 4.74 Å². The molecule has 3 aromatic rings. The van der Waals surface area contributed by atoms with Gasteiger partial charge in [-0.1, -0.05) is 23.5 Å². The number of amides is 1. The zero-order valence-electron chi connectivity index (χ0n) is 15.1. The predicted octanol–water partition coefficient (Wildman–Crippen LogP) is 2.43. The number of aromatic nitrogens is 3. The van der Waals surface area contributed by atoms with E-state index in [-0.39, 0.29) is 18.3 Å². The Balaban J connectivity index is 0.00000210. The molecule has 1 amide bonds. The number of rotatable bonds is 5. The van der Waals surface area contributed by atoms with Crippen molar-refractivity contribution in [1.82, 2.24) is 19.7 Å². The molecule has 0 aliphatic carbocycles. The van der Waals surface area contributed by atoms with Crippen LogP contribution < -0.4 is 4.90 Å². The summed E-state index contributed by atoms with van der Waals surface area (Å²) < 4.78 is 8.10. The van der Waals surface area contributed by atoms with Crippen molar-refractivity contribution in [1.29, 1.82) is 0 Å². The summed E-state index contributed by atoms with van der Waals surface area (Å²) in [5.74, 6) is -0.0719. The first-order valence-corrected chi connectivity index (χ1v) is 9.49. The molecular formula is C18H22ClN5O2S. The van der Waals surface area contributed by atoms with Crippen molar-refractivity contribution < 1.29 is 9.53 Å². The second kappa shape index (κ2) is 8.79. The van der Waals surface area contributed by atoms with Crippen LogP contribution in [0.3, 0.4) is 0 Å². The van der Waals surface area contributed by atoms with Gasteiger partial charge >= 0.3 is 0 Å². The average Bonchev–Trinajstić information content (AvgIpc) is 3.28. The van der Waals surface area contributed by atoms with Crippen molar-refractivity contribution in [3.63, 3.8) is 0 Å². The van der Waals surface area contributed by atoms with Crippen LogP contribution in [0.15, 0.2) is 36.5 Å². The van der Waals surface area contributed by atoms with Crippen LogP contribution in [0.4, 0.5) is 5.13 Å². The Morgan fingerprint density at radius 2 is 2.04 bits per heavy atom. The summed E-state index contributed by atoms with van der Waals surface area (Å²) in [4.78, 5) is 21.9. The van der Waals surface area contributed by atoms with E-state index in [4.69, 9.17) is 4.74 Å². The molecule has 0 N–H and O–H groups in total. The normalized spacial score (nSPS) is 14.9. The molecule has 9 heteroatoms. The molecule has 4 rings (SSSR count). The van der Waals surface area contributed by atoms with Crippen molar-refractivity contribution >= 4 is 45.0 Å². The molecular weight excluding hydrogens is 386 g/mol. The molecule has 3 heterocycles. The van der Waals surface area contributed by atoms with Gasteiger partial charge in [-0.25, -0.2) is 4.98 Å². The Morgan fingerprint density at radius 3 is 2.74 bits per heavy atom. The number of nitrogens with zero attached hydrogens (tertiary/aromatic N) is 5. The molecule has 1 fully saturated rings. The Labute approximate surface area is 167 Å². The van der Waals surface area contributed by atoms with Gasteiger partial charge in [-0.3, -0.25) is 19.3 Å². The lowest BCUT2D eigenvalue weighted by molar-refractivity contribution is 0.0391. The predicted molar refractivity (Wildman–Crippen MR) is 109 cm³/mol. The van der Waals surface area contributed by atoms with Gasteiger partial charge in [-0.2, -0.15) is 5.10 Å². The summed E-state index contributed by atoms with van der Waals surface area (Å²) in [6.45, 7) is 4.67. The molecule has 0 bridgehead atoms. The summed E-state index contributed by atoms with van der Waals surface area (Å²) in [7, 11) is 1.78. The number of hydrogen-bond donors (Lipinski definition) is 0. The van der Waals surface area contributed by atoms with Crippen LogP contribution in [-0.4, -0.2) is 65.0 Å². The maximum atomic E-state index is 13.2. The molecule has 144 valence electrons. The molecule has 0 radical (unpaired) electrons.